The van der Waals surface area contributed by atoms with Crippen molar-refractivity contribution in [1.29, 1.82) is 0 Å². The summed E-state index contributed by atoms with van der Waals surface area (Å²) in [6.45, 7) is 36.3. The summed E-state index contributed by atoms with van der Waals surface area (Å²) in [4.78, 5) is 6.46. The van der Waals surface area contributed by atoms with Crippen LogP contribution < -0.4 is 7.16 Å². The average Bonchev–Trinajstić information content (AvgIpc) is 3.31. The van der Waals surface area contributed by atoms with Crippen molar-refractivity contribution in [3.63, 3.8) is 0 Å². The molecule has 0 bridgehead atoms. The SMILES string of the molecule is CC(C)c1cccc(C(C)C)c1-c1cccc(-c2c(C(C)C)cccc2C(C)C)[c]1[Sn][N]=[N+]=[N-].CC(C)c1cccc(C(C)C)c1-c1cccc(-c2c(C(C)C)cccc2C(C)C)[c]1[Sn][N]=[N+]=[N-]. The predicted molar refractivity (Wildman–Crippen MR) is 296 cm³/mol. The van der Waals surface area contributed by atoms with Crippen molar-refractivity contribution in [3.8, 4) is 44.5 Å². The van der Waals surface area contributed by atoms with E-state index in [1.165, 1.54) is 96.2 Å². The Morgan fingerprint density at radius 1 is 0.294 bits per heavy atom. The molecule has 0 saturated carbocycles. The quantitative estimate of drug-likeness (QED) is 0.0399. The van der Waals surface area contributed by atoms with E-state index in [-0.39, 0.29) is 0 Å². The molecule has 0 unspecified atom stereocenters. The third-order valence-electron chi connectivity index (χ3n) is 13.1. The fourth-order valence-corrected chi connectivity index (χ4v) is 14.4. The van der Waals surface area contributed by atoms with Crippen molar-refractivity contribution in [3.05, 3.63) is 175 Å². The minimum absolute atomic E-state index is 0.407. The molecular weight excluding hydrogens is 1040 g/mol. The maximum absolute atomic E-state index is 9.32. The number of rotatable bonds is 16. The van der Waals surface area contributed by atoms with Crippen LogP contribution in [0.2, 0.25) is 0 Å². The summed E-state index contributed by atoms with van der Waals surface area (Å²) in [5.74, 6) is 3.25. The zero-order valence-corrected chi connectivity index (χ0v) is 49.4. The summed E-state index contributed by atoms with van der Waals surface area (Å²) >= 11 is -3.11. The Bertz CT molecular complexity index is 2330. The first-order valence-corrected chi connectivity index (χ1v) is 30.2. The van der Waals surface area contributed by atoms with Crippen molar-refractivity contribution in [2.45, 2.75) is 158 Å². The van der Waals surface area contributed by atoms with Crippen LogP contribution in [0.1, 0.15) is 203 Å². The first-order chi connectivity index (χ1) is 32.4. The molecule has 4 radical (unpaired) electrons. The molecule has 68 heavy (non-hydrogen) atoms. The summed E-state index contributed by atoms with van der Waals surface area (Å²) in [6, 6.07) is 40.3. The van der Waals surface area contributed by atoms with Crippen molar-refractivity contribution in [1.82, 2.24) is 0 Å². The summed E-state index contributed by atoms with van der Waals surface area (Å²) < 4.78 is 11.1. The van der Waals surface area contributed by atoms with E-state index in [0.717, 1.165) is 0 Å². The minimum atomic E-state index is -1.56. The van der Waals surface area contributed by atoms with E-state index in [4.69, 9.17) is 0 Å². The van der Waals surface area contributed by atoms with Crippen molar-refractivity contribution < 1.29 is 0 Å². The van der Waals surface area contributed by atoms with E-state index in [0.29, 0.717) is 47.3 Å². The zero-order valence-electron chi connectivity index (χ0n) is 43.7. The van der Waals surface area contributed by atoms with Gasteiger partial charge in [0.2, 0.25) is 0 Å². The summed E-state index contributed by atoms with van der Waals surface area (Å²) in [5.41, 5.74) is 40.0. The Labute approximate surface area is 430 Å². The molecule has 0 aromatic heterocycles. The van der Waals surface area contributed by atoms with E-state index >= 15 is 0 Å². The zero-order chi connectivity index (χ0) is 50.0. The topological polar surface area (TPSA) is 97.5 Å². The molecule has 0 aliphatic rings. The van der Waals surface area contributed by atoms with Crippen LogP contribution >= 0.6 is 0 Å². The summed E-state index contributed by atoms with van der Waals surface area (Å²) in [5, 5.41) is 0. The van der Waals surface area contributed by atoms with Gasteiger partial charge in [0.1, 0.15) is 0 Å². The Balaban J connectivity index is 0.000000254. The number of nitrogens with zero attached hydrogens (tertiary/aromatic N) is 6. The molecule has 6 nitrogen and oxygen atoms in total. The van der Waals surface area contributed by atoms with Gasteiger partial charge in [-0.05, 0) is 0 Å². The molecule has 0 spiro atoms. The van der Waals surface area contributed by atoms with Gasteiger partial charge in [0, 0.05) is 0 Å². The van der Waals surface area contributed by atoms with E-state index in [1.807, 2.05) is 0 Å². The Kier molecular flexibility index (Phi) is 19.9. The van der Waals surface area contributed by atoms with Crippen molar-refractivity contribution >= 4 is 50.0 Å². The molecule has 0 heterocycles. The standard InChI is InChI=1S/2C30H37.2N3.2Sn/c2*1-19(2)25-14-10-15-26(20(3)4)29(25)23-12-9-13-24(18-23)30-27(21(5)6)16-11-17-28(30)22(7)8;2*1-3-2;;/h2*9-17,19-22H,1-8H3;;;;/q;;2*-1;2*+1. The summed E-state index contributed by atoms with van der Waals surface area (Å²) in [7, 11) is 0. The van der Waals surface area contributed by atoms with E-state index in [2.05, 4.69) is 236 Å². The van der Waals surface area contributed by atoms with Crippen LogP contribution in [-0.2, 0) is 0 Å². The summed E-state index contributed by atoms with van der Waals surface area (Å²) in [6.07, 6.45) is 0. The molecule has 0 aliphatic heterocycles. The van der Waals surface area contributed by atoms with Gasteiger partial charge in [-0.2, -0.15) is 0 Å². The van der Waals surface area contributed by atoms with Crippen LogP contribution in [0.5, 0.6) is 0 Å². The van der Waals surface area contributed by atoms with E-state index in [1.54, 1.807) is 0 Å². The molecule has 6 aromatic carbocycles. The van der Waals surface area contributed by atoms with Crippen LogP contribution in [0.15, 0.2) is 116 Å². The molecule has 6 aromatic rings. The van der Waals surface area contributed by atoms with Crippen LogP contribution in [0.4, 0.5) is 0 Å². The fourth-order valence-electron chi connectivity index (χ4n) is 9.77. The molecule has 8 heteroatoms. The Morgan fingerprint density at radius 3 is 0.603 bits per heavy atom. The normalized spacial score (nSPS) is 11.5. The molecule has 0 atom stereocenters. The second-order valence-electron chi connectivity index (χ2n) is 20.5. The number of benzene rings is 6. The molecule has 0 aliphatic carbocycles. The number of azide groups is 2. The van der Waals surface area contributed by atoms with Crippen molar-refractivity contribution in [2.75, 3.05) is 0 Å². The molecular formula is C60H74N6Sn2. The fraction of sp³-hybridized carbons (Fsp3) is 0.400. The third-order valence-corrected chi connectivity index (χ3v) is 18.5. The van der Waals surface area contributed by atoms with Crippen LogP contribution in [0.25, 0.3) is 65.4 Å². The monoisotopic (exact) mass is 1120 g/mol. The third kappa shape index (κ3) is 12.3. The van der Waals surface area contributed by atoms with Crippen LogP contribution in [0.3, 0.4) is 0 Å². The van der Waals surface area contributed by atoms with Crippen LogP contribution in [-0.4, -0.2) is 42.8 Å². The van der Waals surface area contributed by atoms with Crippen molar-refractivity contribution in [2.24, 2.45) is 6.67 Å². The second kappa shape index (κ2) is 24.9. The van der Waals surface area contributed by atoms with Gasteiger partial charge in [-0.15, -0.1) is 0 Å². The maximum atomic E-state index is 9.32. The van der Waals surface area contributed by atoms with Gasteiger partial charge in [0.05, 0.1) is 0 Å². The average molecular weight is 1120 g/mol. The van der Waals surface area contributed by atoms with Gasteiger partial charge >= 0.3 is 434 Å². The van der Waals surface area contributed by atoms with E-state index in [9.17, 15) is 11.1 Å². The molecule has 0 N–H and O–H groups in total. The van der Waals surface area contributed by atoms with Gasteiger partial charge < -0.3 is 0 Å². The van der Waals surface area contributed by atoms with Gasteiger partial charge in [-0.25, -0.2) is 0 Å². The number of hydrogen-bond donors (Lipinski definition) is 0. The molecule has 352 valence electrons. The van der Waals surface area contributed by atoms with Gasteiger partial charge in [0.15, 0.2) is 0 Å². The van der Waals surface area contributed by atoms with Gasteiger partial charge in [-0.1, -0.05) is 0 Å². The number of hydrogen-bond acceptors (Lipinski definition) is 2. The Morgan fingerprint density at radius 2 is 0.456 bits per heavy atom. The molecule has 6 rings (SSSR count). The first kappa shape index (κ1) is 54.5. The van der Waals surface area contributed by atoms with Gasteiger partial charge in [0.25, 0.3) is 0 Å². The van der Waals surface area contributed by atoms with Crippen LogP contribution in [0, 0.1) is 0 Å². The first-order valence-electron chi connectivity index (χ1n) is 24.8. The van der Waals surface area contributed by atoms with E-state index < -0.39 is 42.8 Å². The Hall–Kier alpha value is -4.46. The second-order valence-corrected chi connectivity index (χ2v) is 25.8. The van der Waals surface area contributed by atoms with Gasteiger partial charge in [-0.3, -0.25) is 0 Å². The molecule has 0 amide bonds. The molecule has 0 saturated heterocycles. The predicted octanol–water partition coefficient (Wildman–Crippen LogP) is 18.1. The molecule has 0 fully saturated rings.